The largest absolute Gasteiger partial charge is 0.495 e. The van der Waals surface area contributed by atoms with Crippen LogP contribution >= 0.6 is 11.3 Å². The third-order valence-corrected chi connectivity index (χ3v) is 4.30. The summed E-state index contributed by atoms with van der Waals surface area (Å²) in [5.74, 6) is -0.397. The van der Waals surface area contributed by atoms with Gasteiger partial charge in [-0.1, -0.05) is 0 Å². The average Bonchev–Trinajstić information content (AvgIpc) is 2.94. The first kappa shape index (κ1) is 13.9. The highest BCUT2D eigenvalue weighted by atomic mass is 32.1. The van der Waals surface area contributed by atoms with Crippen molar-refractivity contribution >= 4 is 23.2 Å². The smallest absolute Gasteiger partial charge is 0.305 e. The van der Waals surface area contributed by atoms with Crippen molar-refractivity contribution < 1.29 is 19.4 Å². The van der Waals surface area contributed by atoms with Crippen LogP contribution in [0.4, 0.5) is 0 Å². The first-order valence-electron chi connectivity index (χ1n) is 6.20. The number of likely N-dealkylation sites (tertiary alicyclic amines) is 1. The summed E-state index contributed by atoms with van der Waals surface area (Å²) in [7, 11) is 1.54. The Labute approximate surface area is 115 Å². The summed E-state index contributed by atoms with van der Waals surface area (Å²) in [6.45, 7) is 2.54. The lowest BCUT2D eigenvalue weighted by Crippen LogP contribution is -2.36. The predicted molar refractivity (Wildman–Crippen MR) is 71.9 cm³/mol. The molecule has 0 spiro atoms. The van der Waals surface area contributed by atoms with Crippen molar-refractivity contribution in [2.75, 3.05) is 13.7 Å². The van der Waals surface area contributed by atoms with Crippen molar-refractivity contribution in [1.82, 2.24) is 4.90 Å². The minimum Gasteiger partial charge on any atom is -0.495 e. The maximum atomic E-state index is 12.5. The zero-order chi connectivity index (χ0) is 14.0. The highest BCUT2D eigenvalue weighted by Gasteiger charge is 2.33. The van der Waals surface area contributed by atoms with Crippen molar-refractivity contribution in [3.63, 3.8) is 0 Å². The van der Waals surface area contributed by atoms with Crippen LogP contribution < -0.4 is 4.74 Å². The number of amides is 1. The van der Waals surface area contributed by atoms with E-state index in [9.17, 15) is 9.59 Å². The molecule has 6 heteroatoms. The summed E-state index contributed by atoms with van der Waals surface area (Å²) in [6, 6.07) is 1.64. The number of hydrogen-bond acceptors (Lipinski definition) is 4. The van der Waals surface area contributed by atoms with Gasteiger partial charge in [-0.3, -0.25) is 9.59 Å². The topological polar surface area (TPSA) is 66.8 Å². The van der Waals surface area contributed by atoms with Crippen LogP contribution in [0.3, 0.4) is 0 Å². The van der Waals surface area contributed by atoms with Gasteiger partial charge in [-0.15, -0.1) is 11.3 Å². The number of carbonyl (C=O) groups is 2. The number of thiophene rings is 1. The molecule has 2 heterocycles. The number of methoxy groups -OCH3 is 1. The minimum atomic E-state index is -0.862. The Bertz CT molecular complexity index is 497. The van der Waals surface area contributed by atoms with Gasteiger partial charge >= 0.3 is 5.97 Å². The number of rotatable bonds is 4. The van der Waals surface area contributed by atoms with Crippen molar-refractivity contribution in [1.29, 1.82) is 0 Å². The maximum Gasteiger partial charge on any atom is 0.305 e. The molecule has 1 aromatic heterocycles. The van der Waals surface area contributed by atoms with Gasteiger partial charge in [0.15, 0.2) is 0 Å². The van der Waals surface area contributed by atoms with Crippen LogP contribution in [-0.4, -0.2) is 41.6 Å². The minimum absolute atomic E-state index is 0.0123. The third-order valence-electron chi connectivity index (χ3n) is 3.28. The molecule has 1 fully saturated rings. The fourth-order valence-electron chi connectivity index (χ4n) is 2.44. The number of ether oxygens (including phenoxy) is 1. The van der Waals surface area contributed by atoms with Crippen LogP contribution in [-0.2, 0) is 4.79 Å². The molecule has 1 amide bonds. The van der Waals surface area contributed by atoms with E-state index < -0.39 is 5.97 Å². The molecule has 0 bridgehead atoms. The number of aryl methyl sites for hydroxylation is 1. The van der Waals surface area contributed by atoms with E-state index in [0.29, 0.717) is 17.2 Å². The summed E-state index contributed by atoms with van der Waals surface area (Å²) < 4.78 is 5.21. The molecule has 0 saturated carbocycles. The van der Waals surface area contributed by atoms with Crippen LogP contribution in [0.5, 0.6) is 5.75 Å². The highest BCUT2D eigenvalue weighted by molar-refractivity contribution is 7.14. The molecular weight excluding hydrogens is 266 g/mol. The third kappa shape index (κ3) is 2.89. The number of carbonyl (C=O) groups excluding carboxylic acids is 1. The average molecular weight is 283 g/mol. The van der Waals surface area contributed by atoms with Crippen LogP contribution in [0.1, 0.15) is 33.8 Å². The van der Waals surface area contributed by atoms with Gasteiger partial charge in [-0.25, -0.2) is 0 Å². The molecule has 19 heavy (non-hydrogen) atoms. The lowest BCUT2D eigenvalue weighted by atomic mass is 10.1. The second-order valence-electron chi connectivity index (χ2n) is 4.65. The molecule has 1 aromatic rings. The Morgan fingerprint density at radius 2 is 2.32 bits per heavy atom. The van der Waals surface area contributed by atoms with Crippen LogP contribution in [0.25, 0.3) is 0 Å². The lowest BCUT2D eigenvalue weighted by molar-refractivity contribution is -0.137. The second kappa shape index (κ2) is 5.61. The van der Waals surface area contributed by atoms with Crippen LogP contribution in [0, 0.1) is 6.92 Å². The number of aliphatic carboxylic acids is 1. The molecular formula is C13H17NO4S. The van der Waals surface area contributed by atoms with Crippen molar-refractivity contribution in [3.05, 3.63) is 15.8 Å². The predicted octanol–water partition coefficient (Wildman–Crippen LogP) is 2.14. The Morgan fingerprint density at radius 1 is 1.58 bits per heavy atom. The molecule has 1 unspecified atom stereocenters. The van der Waals surface area contributed by atoms with Gasteiger partial charge in [0.25, 0.3) is 5.91 Å². The van der Waals surface area contributed by atoms with E-state index in [1.807, 2.05) is 13.0 Å². The van der Waals surface area contributed by atoms with E-state index >= 15 is 0 Å². The zero-order valence-electron chi connectivity index (χ0n) is 11.0. The Morgan fingerprint density at radius 3 is 2.95 bits per heavy atom. The van der Waals surface area contributed by atoms with E-state index in [-0.39, 0.29) is 18.4 Å². The molecule has 0 aromatic carbocycles. The normalized spacial score (nSPS) is 18.6. The summed E-state index contributed by atoms with van der Waals surface area (Å²) in [4.78, 5) is 26.6. The number of carboxylic acid groups (broad SMARTS) is 1. The van der Waals surface area contributed by atoms with Crippen molar-refractivity contribution in [2.24, 2.45) is 0 Å². The molecule has 104 valence electrons. The molecule has 0 radical (unpaired) electrons. The fourth-order valence-corrected chi connectivity index (χ4v) is 3.37. The van der Waals surface area contributed by atoms with Gasteiger partial charge in [-0.2, -0.15) is 0 Å². The summed E-state index contributed by atoms with van der Waals surface area (Å²) in [6.07, 6.45) is 1.62. The standard InChI is InChI=1S/C13H17NO4S/c1-8-6-10(18-2)12(19-8)13(17)14-5-3-4-9(14)7-11(15)16/h6,9H,3-5,7H2,1-2H3,(H,15,16). The first-order valence-corrected chi connectivity index (χ1v) is 7.01. The monoisotopic (exact) mass is 283 g/mol. The number of hydrogen-bond donors (Lipinski definition) is 1. The van der Waals surface area contributed by atoms with E-state index in [2.05, 4.69) is 0 Å². The molecule has 2 rings (SSSR count). The van der Waals surface area contributed by atoms with E-state index in [1.54, 1.807) is 4.90 Å². The molecule has 5 nitrogen and oxygen atoms in total. The summed E-state index contributed by atoms with van der Waals surface area (Å²) in [5.41, 5.74) is 0. The lowest BCUT2D eigenvalue weighted by Gasteiger charge is -2.23. The van der Waals surface area contributed by atoms with Gasteiger partial charge in [0.05, 0.1) is 13.5 Å². The molecule has 1 saturated heterocycles. The molecule has 0 aliphatic carbocycles. The highest BCUT2D eigenvalue weighted by Crippen LogP contribution is 2.32. The molecule has 1 aliphatic rings. The van der Waals surface area contributed by atoms with Gasteiger partial charge < -0.3 is 14.7 Å². The SMILES string of the molecule is COc1cc(C)sc1C(=O)N1CCCC1CC(=O)O. The molecule has 1 N–H and O–H groups in total. The van der Waals surface area contributed by atoms with Crippen LogP contribution in [0.2, 0.25) is 0 Å². The Balaban J connectivity index is 2.20. The van der Waals surface area contributed by atoms with Gasteiger partial charge in [-0.05, 0) is 25.8 Å². The Hall–Kier alpha value is -1.56. The fraction of sp³-hybridized carbons (Fsp3) is 0.538. The van der Waals surface area contributed by atoms with Gasteiger partial charge in [0, 0.05) is 17.5 Å². The Kier molecular flexibility index (Phi) is 4.09. The van der Waals surface area contributed by atoms with Crippen molar-refractivity contribution in [2.45, 2.75) is 32.2 Å². The number of carboxylic acids is 1. The number of nitrogens with zero attached hydrogens (tertiary/aromatic N) is 1. The van der Waals surface area contributed by atoms with E-state index in [4.69, 9.17) is 9.84 Å². The summed E-state index contributed by atoms with van der Waals surface area (Å²) in [5, 5.41) is 8.89. The van der Waals surface area contributed by atoms with Gasteiger partial charge in [0.1, 0.15) is 10.6 Å². The second-order valence-corrected chi connectivity index (χ2v) is 5.90. The van der Waals surface area contributed by atoms with Crippen molar-refractivity contribution in [3.8, 4) is 5.75 Å². The zero-order valence-corrected chi connectivity index (χ0v) is 11.8. The van der Waals surface area contributed by atoms with Gasteiger partial charge in [0.2, 0.25) is 0 Å². The molecule has 1 aliphatic heterocycles. The van der Waals surface area contributed by atoms with Crippen LogP contribution in [0.15, 0.2) is 6.07 Å². The van der Waals surface area contributed by atoms with E-state index in [1.165, 1.54) is 18.4 Å². The maximum absolute atomic E-state index is 12.5. The first-order chi connectivity index (χ1) is 9.02. The summed E-state index contributed by atoms with van der Waals surface area (Å²) >= 11 is 1.39. The van der Waals surface area contributed by atoms with E-state index in [0.717, 1.165) is 17.7 Å². The molecule has 1 atom stereocenters. The quantitative estimate of drug-likeness (QED) is 0.919.